The van der Waals surface area contributed by atoms with Gasteiger partial charge in [0.2, 0.25) is 17.2 Å². The first-order valence-electron chi connectivity index (χ1n) is 6.57. The van der Waals surface area contributed by atoms with Crippen LogP contribution in [0, 0.1) is 5.92 Å². The lowest BCUT2D eigenvalue weighted by molar-refractivity contribution is 0.122. The quantitative estimate of drug-likeness (QED) is 0.910. The Balaban J connectivity index is 2.14. The molecule has 0 bridgehead atoms. The van der Waals surface area contributed by atoms with Crippen molar-refractivity contribution in [3.63, 3.8) is 0 Å². The fourth-order valence-corrected chi connectivity index (χ4v) is 1.83. The number of ether oxygens (including phenoxy) is 1. The highest BCUT2D eigenvalue weighted by molar-refractivity contribution is 6.28. The molecule has 0 saturated carbocycles. The highest BCUT2D eigenvalue weighted by Crippen LogP contribution is 2.16. The van der Waals surface area contributed by atoms with E-state index in [4.69, 9.17) is 16.3 Å². The van der Waals surface area contributed by atoms with Crippen molar-refractivity contribution >= 4 is 23.5 Å². The Labute approximate surface area is 118 Å². The number of hydrogen-bond donors (Lipinski definition) is 1. The van der Waals surface area contributed by atoms with E-state index in [9.17, 15) is 0 Å². The molecule has 1 saturated heterocycles. The van der Waals surface area contributed by atoms with Crippen LogP contribution in [0.2, 0.25) is 5.28 Å². The van der Waals surface area contributed by atoms with Crippen LogP contribution in [0.15, 0.2) is 0 Å². The van der Waals surface area contributed by atoms with Crippen LogP contribution in [0.4, 0.5) is 11.9 Å². The average Bonchev–Trinajstić information content (AvgIpc) is 2.39. The Kier molecular flexibility index (Phi) is 4.76. The van der Waals surface area contributed by atoms with Crippen LogP contribution in [-0.2, 0) is 4.74 Å². The molecule has 0 spiro atoms. The number of anilines is 2. The number of halogens is 1. The summed E-state index contributed by atoms with van der Waals surface area (Å²) in [6, 6.07) is 0.274. The molecule has 7 heteroatoms. The summed E-state index contributed by atoms with van der Waals surface area (Å²) in [4.78, 5) is 14.8. The van der Waals surface area contributed by atoms with Gasteiger partial charge in [0.25, 0.3) is 0 Å². The second-order valence-corrected chi connectivity index (χ2v) is 5.34. The van der Waals surface area contributed by atoms with Crippen LogP contribution in [-0.4, -0.2) is 47.3 Å². The average molecular weight is 286 g/mol. The second-order valence-electron chi connectivity index (χ2n) is 5.00. The Morgan fingerprint density at radius 1 is 1.16 bits per heavy atom. The molecular weight excluding hydrogens is 266 g/mol. The fraction of sp³-hybridized carbons (Fsp3) is 0.750. The van der Waals surface area contributed by atoms with Gasteiger partial charge >= 0.3 is 0 Å². The zero-order chi connectivity index (χ0) is 13.8. The summed E-state index contributed by atoms with van der Waals surface area (Å²) < 4.78 is 5.32. The molecule has 0 aliphatic carbocycles. The van der Waals surface area contributed by atoms with Gasteiger partial charge in [0.15, 0.2) is 0 Å². The summed E-state index contributed by atoms with van der Waals surface area (Å²) >= 11 is 5.97. The zero-order valence-corrected chi connectivity index (χ0v) is 12.3. The number of nitrogens with zero attached hydrogens (tertiary/aromatic N) is 4. The normalized spacial score (nSPS) is 17.6. The van der Waals surface area contributed by atoms with Gasteiger partial charge in [-0.15, -0.1) is 0 Å². The molecule has 0 radical (unpaired) electrons. The monoisotopic (exact) mass is 285 g/mol. The van der Waals surface area contributed by atoms with Crippen molar-refractivity contribution in [2.24, 2.45) is 5.92 Å². The minimum atomic E-state index is 0.218. The van der Waals surface area contributed by atoms with E-state index < -0.39 is 0 Å². The molecule has 106 valence electrons. The highest BCUT2D eigenvalue weighted by Gasteiger charge is 2.17. The molecule has 1 aliphatic heterocycles. The van der Waals surface area contributed by atoms with Crippen molar-refractivity contribution in [3.05, 3.63) is 5.28 Å². The van der Waals surface area contributed by atoms with Gasteiger partial charge in [-0.3, -0.25) is 0 Å². The molecule has 0 amide bonds. The molecule has 2 heterocycles. The molecule has 1 N–H and O–H groups in total. The number of aromatic nitrogens is 3. The largest absolute Gasteiger partial charge is 0.378 e. The minimum Gasteiger partial charge on any atom is -0.378 e. The lowest BCUT2D eigenvalue weighted by Gasteiger charge is -2.27. The van der Waals surface area contributed by atoms with Crippen LogP contribution in [0.25, 0.3) is 0 Å². The van der Waals surface area contributed by atoms with Gasteiger partial charge in [-0.25, -0.2) is 0 Å². The van der Waals surface area contributed by atoms with E-state index in [2.05, 4.69) is 45.9 Å². The Hall–Kier alpha value is -1.14. The predicted octanol–water partition coefficient (Wildman–Crippen LogP) is 1.82. The van der Waals surface area contributed by atoms with Crippen LogP contribution in [0.5, 0.6) is 0 Å². The number of hydrogen-bond acceptors (Lipinski definition) is 6. The van der Waals surface area contributed by atoms with E-state index >= 15 is 0 Å². The van der Waals surface area contributed by atoms with Crippen molar-refractivity contribution in [1.29, 1.82) is 0 Å². The van der Waals surface area contributed by atoms with Gasteiger partial charge in [-0.2, -0.15) is 15.0 Å². The molecular formula is C12H20ClN5O. The molecule has 1 aliphatic rings. The van der Waals surface area contributed by atoms with Crippen molar-refractivity contribution in [2.45, 2.75) is 26.8 Å². The third-order valence-corrected chi connectivity index (χ3v) is 3.42. The summed E-state index contributed by atoms with van der Waals surface area (Å²) in [5, 5.41) is 3.47. The summed E-state index contributed by atoms with van der Waals surface area (Å²) in [6.45, 7) is 9.31. The van der Waals surface area contributed by atoms with Gasteiger partial charge in [0.1, 0.15) is 0 Å². The van der Waals surface area contributed by atoms with Gasteiger partial charge in [-0.1, -0.05) is 13.8 Å². The molecule has 0 aromatic carbocycles. The summed E-state index contributed by atoms with van der Waals surface area (Å²) in [6.07, 6.45) is 0. The Bertz CT molecular complexity index is 423. The molecule has 2 rings (SSSR count). The van der Waals surface area contributed by atoms with Gasteiger partial charge < -0.3 is 15.0 Å². The van der Waals surface area contributed by atoms with Crippen molar-refractivity contribution in [1.82, 2.24) is 15.0 Å². The van der Waals surface area contributed by atoms with Gasteiger partial charge in [-0.05, 0) is 24.4 Å². The van der Waals surface area contributed by atoms with Crippen LogP contribution >= 0.6 is 11.6 Å². The van der Waals surface area contributed by atoms with Gasteiger partial charge in [0.05, 0.1) is 13.2 Å². The standard InChI is InChI=1S/C12H20ClN5O/c1-8(2)9(3)14-11-15-10(13)16-12(17-11)18-4-6-19-7-5-18/h8-9H,4-7H2,1-3H3,(H,14,15,16,17). The van der Waals surface area contributed by atoms with Crippen LogP contribution < -0.4 is 10.2 Å². The second kappa shape index (κ2) is 6.34. The zero-order valence-electron chi connectivity index (χ0n) is 11.6. The van der Waals surface area contributed by atoms with Crippen molar-refractivity contribution in [3.8, 4) is 0 Å². The third-order valence-electron chi connectivity index (χ3n) is 3.25. The SMILES string of the molecule is CC(C)C(C)Nc1nc(Cl)nc(N2CCOCC2)n1. The first kappa shape index (κ1) is 14.3. The molecule has 1 unspecified atom stereocenters. The van der Waals surface area contributed by atoms with Crippen LogP contribution in [0.1, 0.15) is 20.8 Å². The molecule has 1 aromatic heterocycles. The lowest BCUT2D eigenvalue weighted by atomic mass is 10.1. The maximum Gasteiger partial charge on any atom is 0.231 e. The third kappa shape index (κ3) is 3.91. The first-order chi connectivity index (χ1) is 9.06. The minimum absolute atomic E-state index is 0.218. The molecule has 1 aromatic rings. The van der Waals surface area contributed by atoms with E-state index in [-0.39, 0.29) is 11.3 Å². The van der Waals surface area contributed by atoms with E-state index in [0.717, 1.165) is 13.1 Å². The molecule has 1 atom stereocenters. The summed E-state index contributed by atoms with van der Waals surface area (Å²) in [5.74, 6) is 1.63. The van der Waals surface area contributed by atoms with E-state index in [1.54, 1.807) is 0 Å². The molecule has 6 nitrogen and oxygen atoms in total. The van der Waals surface area contributed by atoms with Crippen molar-refractivity contribution < 1.29 is 4.74 Å². The maximum atomic E-state index is 5.97. The topological polar surface area (TPSA) is 63.2 Å². The van der Waals surface area contributed by atoms with Gasteiger partial charge in [0, 0.05) is 19.1 Å². The van der Waals surface area contributed by atoms with E-state index in [1.165, 1.54) is 0 Å². The number of nitrogens with one attached hydrogen (secondary N) is 1. The molecule has 19 heavy (non-hydrogen) atoms. The highest BCUT2D eigenvalue weighted by atomic mass is 35.5. The summed E-state index contributed by atoms with van der Waals surface area (Å²) in [5.41, 5.74) is 0. The van der Waals surface area contributed by atoms with Crippen LogP contribution in [0.3, 0.4) is 0 Å². The number of morpholine rings is 1. The Morgan fingerprint density at radius 3 is 2.47 bits per heavy atom. The first-order valence-corrected chi connectivity index (χ1v) is 6.95. The van der Waals surface area contributed by atoms with Crippen molar-refractivity contribution in [2.75, 3.05) is 36.5 Å². The molecule has 1 fully saturated rings. The lowest BCUT2D eigenvalue weighted by Crippen LogP contribution is -2.37. The smallest absolute Gasteiger partial charge is 0.231 e. The van der Waals surface area contributed by atoms with E-state index in [0.29, 0.717) is 31.0 Å². The Morgan fingerprint density at radius 2 is 1.84 bits per heavy atom. The predicted molar refractivity (Wildman–Crippen MR) is 75.8 cm³/mol. The number of rotatable bonds is 4. The fourth-order valence-electron chi connectivity index (χ4n) is 1.68. The maximum absolute atomic E-state index is 5.97. The van der Waals surface area contributed by atoms with E-state index in [1.807, 2.05) is 0 Å². The summed E-state index contributed by atoms with van der Waals surface area (Å²) in [7, 11) is 0.